The van der Waals surface area contributed by atoms with Gasteiger partial charge in [0.25, 0.3) is 0 Å². The maximum Gasteiger partial charge on any atom is 0.167 e. The van der Waals surface area contributed by atoms with Crippen LogP contribution in [0.4, 0.5) is 11.5 Å². The molecular formula is C28H36N8O. The van der Waals surface area contributed by atoms with E-state index >= 15 is 0 Å². The highest BCUT2D eigenvalue weighted by molar-refractivity contribution is 5.81. The van der Waals surface area contributed by atoms with E-state index in [0.29, 0.717) is 11.3 Å². The number of likely N-dealkylation sites (N-methyl/N-ethyl adjacent to an activating group) is 1. The first-order valence-electron chi connectivity index (χ1n) is 13.0. The number of aromatic nitrogens is 4. The number of nitrogens with two attached hydrogens (primary N) is 1. The van der Waals surface area contributed by atoms with Gasteiger partial charge in [0.1, 0.15) is 18.1 Å². The second-order valence-electron chi connectivity index (χ2n) is 9.79. The molecule has 1 saturated heterocycles. The maximum absolute atomic E-state index is 6.32. The summed E-state index contributed by atoms with van der Waals surface area (Å²) < 4.78 is 8.29. The van der Waals surface area contributed by atoms with Gasteiger partial charge in [-0.25, -0.2) is 15.0 Å². The molecule has 2 aromatic carbocycles. The molecule has 1 aliphatic rings. The van der Waals surface area contributed by atoms with Gasteiger partial charge in [0.15, 0.2) is 11.5 Å². The van der Waals surface area contributed by atoms with Crippen LogP contribution in [0.3, 0.4) is 0 Å². The van der Waals surface area contributed by atoms with Gasteiger partial charge in [-0.2, -0.15) is 0 Å². The summed E-state index contributed by atoms with van der Waals surface area (Å²) in [5.74, 6) is 0.401. The summed E-state index contributed by atoms with van der Waals surface area (Å²) in [4.78, 5) is 15.1. The molecule has 0 radical (unpaired) electrons. The number of hydrogen-bond acceptors (Lipinski definition) is 8. The molecule has 4 N–H and O–H groups in total. The Morgan fingerprint density at radius 1 is 1.08 bits per heavy atom. The van der Waals surface area contributed by atoms with Crippen LogP contribution in [0.15, 0.2) is 61.2 Å². The minimum absolute atomic E-state index is 0.0590. The molecule has 4 aromatic rings. The Morgan fingerprint density at radius 3 is 2.78 bits per heavy atom. The number of benzene rings is 2. The van der Waals surface area contributed by atoms with Crippen LogP contribution in [0.2, 0.25) is 0 Å². The molecule has 194 valence electrons. The molecule has 1 fully saturated rings. The number of nitrogens with zero attached hydrogens (tertiary/aromatic N) is 5. The number of imidazole rings is 1. The lowest BCUT2D eigenvalue weighted by molar-refractivity contribution is -0.00849. The van der Waals surface area contributed by atoms with E-state index in [1.165, 1.54) is 23.0 Å². The van der Waals surface area contributed by atoms with Gasteiger partial charge in [0, 0.05) is 12.2 Å². The fourth-order valence-electron chi connectivity index (χ4n) is 4.88. The third kappa shape index (κ3) is 6.25. The smallest absolute Gasteiger partial charge is 0.167 e. The fraction of sp³-hybridized carbons (Fsp3) is 0.393. The van der Waals surface area contributed by atoms with Crippen molar-refractivity contribution in [1.82, 2.24) is 29.7 Å². The summed E-state index contributed by atoms with van der Waals surface area (Å²) in [6.07, 6.45) is 6.39. The number of nitrogen functional groups attached to an aromatic ring is 1. The summed E-state index contributed by atoms with van der Waals surface area (Å²) in [5.41, 5.74) is 12.2. The van der Waals surface area contributed by atoms with E-state index in [1.54, 1.807) is 6.33 Å². The van der Waals surface area contributed by atoms with Gasteiger partial charge < -0.3 is 26.0 Å². The van der Waals surface area contributed by atoms with Gasteiger partial charge >= 0.3 is 0 Å². The average Bonchev–Trinajstić information content (AvgIpc) is 3.54. The lowest BCUT2D eigenvalue weighted by Crippen LogP contribution is -2.32. The summed E-state index contributed by atoms with van der Waals surface area (Å²) in [6, 6.07) is 17.2. The Bertz CT molecular complexity index is 1310. The van der Waals surface area contributed by atoms with Gasteiger partial charge in [-0.1, -0.05) is 42.0 Å². The molecule has 0 saturated carbocycles. The fourth-order valence-corrected chi connectivity index (χ4v) is 4.88. The highest BCUT2D eigenvalue weighted by Gasteiger charge is 2.28. The Kier molecular flexibility index (Phi) is 7.93. The van der Waals surface area contributed by atoms with Crippen molar-refractivity contribution >= 4 is 22.7 Å². The molecule has 9 nitrogen and oxygen atoms in total. The number of anilines is 2. The molecule has 37 heavy (non-hydrogen) atoms. The third-order valence-corrected chi connectivity index (χ3v) is 6.84. The first-order chi connectivity index (χ1) is 18.1. The quantitative estimate of drug-likeness (QED) is 0.209. The SMILES string of the molecule is Cc1cccc(-c2ccc(NCNCCCN(C)CC3CCC(n4cnc5c(N)ncnc54)O3)cc2)c1. The van der Waals surface area contributed by atoms with Gasteiger partial charge in [0.2, 0.25) is 0 Å². The van der Waals surface area contributed by atoms with E-state index in [4.69, 9.17) is 10.5 Å². The van der Waals surface area contributed by atoms with Crippen LogP contribution in [-0.2, 0) is 4.74 Å². The number of rotatable bonds is 11. The van der Waals surface area contributed by atoms with E-state index < -0.39 is 0 Å². The van der Waals surface area contributed by atoms with Crippen LogP contribution < -0.4 is 16.4 Å². The molecule has 0 aliphatic carbocycles. The molecule has 1 aliphatic heterocycles. The second-order valence-corrected chi connectivity index (χ2v) is 9.79. The molecule has 0 bridgehead atoms. The normalized spacial score (nSPS) is 17.6. The number of fused-ring (bicyclic) bond motifs is 1. The Morgan fingerprint density at radius 2 is 1.95 bits per heavy atom. The molecular weight excluding hydrogens is 464 g/mol. The topological polar surface area (TPSA) is 106 Å². The van der Waals surface area contributed by atoms with Crippen LogP contribution >= 0.6 is 0 Å². The van der Waals surface area contributed by atoms with Gasteiger partial charge in [0.05, 0.1) is 19.1 Å². The monoisotopic (exact) mass is 500 g/mol. The van der Waals surface area contributed by atoms with Crippen LogP contribution in [0.25, 0.3) is 22.3 Å². The van der Waals surface area contributed by atoms with Crippen molar-refractivity contribution in [2.45, 2.75) is 38.5 Å². The Hall–Kier alpha value is -3.53. The molecule has 2 aromatic heterocycles. The van der Waals surface area contributed by atoms with E-state index in [2.05, 4.69) is 93.0 Å². The second kappa shape index (κ2) is 11.7. The van der Waals surface area contributed by atoms with Crippen molar-refractivity contribution in [3.05, 3.63) is 66.7 Å². The molecule has 9 heteroatoms. The van der Waals surface area contributed by atoms with Gasteiger partial charge in [-0.05, 0) is 69.6 Å². The molecule has 0 spiro atoms. The minimum Gasteiger partial charge on any atom is -0.382 e. The zero-order valence-electron chi connectivity index (χ0n) is 21.6. The van der Waals surface area contributed by atoms with Crippen LogP contribution in [0.1, 0.15) is 31.1 Å². The lowest BCUT2D eigenvalue weighted by Gasteiger charge is -2.22. The van der Waals surface area contributed by atoms with Crippen molar-refractivity contribution in [3.63, 3.8) is 0 Å². The number of hydrogen-bond donors (Lipinski definition) is 3. The zero-order chi connectivity index (χ0) is 25.6. The summed E-state index contributed by atoms with van der Waals surface area (Å²) in [7, 11) is 2.16. The predicted molar refractivity (Wildman–Crippen MR) is 148 cm³/mol. The van der Waals surface area contributed by atoms with E-state index in [0.717, 1.165) is 56.9 Å². The molecule has 2 atom stereocenters. The number of nitrogens with one attached hydrogen (secondary N) is 2. The molecule has 3 heterocycles. The van der Waals surface area contributed by atoms with Crippen LogP contribution in [0, 0.1) is 6.92 Å². The Balaban J connectivity index is 0.980. The molecule has 2 unspecified atom stereocenters. The van der Waals surface area contributed by atoms with E-state index in [-0.39, 0.29) is 12.3 Å². The summed E-state index contributed by atoms with van der Waals surface area (Å²) in [6.45, 7) is 5.74. The minimum atomic E-state index is -0.0590. The zero-order valence-corrected chi connectivity index (χ0v) is 21.6. The van der Waals surface area contributed by atoms with Crippen molar-refractivity contribution < 1.29 is 4.74 Å². The van der Waals surface area contributed by atoms with E-state index in [9.17, 15) is 0 Å². The van der Waals surface area contributed by atoms with Crippen LogP contribution in [-0.4, -0.2) is 63.9 Å². The van der Waals surface area contributed by atoms with Crippen LogP contribution in [0.5, 0.6) is 0 Å². The summed E-state index contributed by atoms with van der Waals surface area (Å²) >= 11 is 0. The molecule has 0 amide bonds. The van der Waals surface area contributed by atoms with Crippen molar-refractivity contribution in [1.29, 1.82) is 0 Å². The molecule has 5 rings (SSSR count). The van der Waals surface area contributed by atoms with Crippen molar-refractivity contribution in [3.8, 4) is 11.1 Å². The van der Waals surface area contributed by atoms with Gasteiger partial charge in [-0.15, -0.1) is 0 Å². The van der Waals surface area contributed by atoms with Crippen molar-refractivity contribution in [2.24, 2.45) is 0 Å². The standard InChI is InChI=1S/C28H36N8O/c1-20-5-3-6-22(15-20)21-7-9-23(10-8-21)31-17-30-13-4-14-35(2)16-24-11-12-25(37-24)36-19-34-26-27(29)32-18-33-28(26)36/h3,5-10,15,18-19,24-25,30-31H,4,11-14,16-17H2,1-2H3,(H2,29,32,33). The first-order valence-corrected chi connectivity index (χ1v) is 13.0. The van der Waals surface area contributed by atoms with Crippen molar-refractivity contribution in [2.75, 3.05) is 44.4 Å². The number of aryl methyl sites for hydroxylation is 1. The van der Waals surface area contributed by atoms with E-state index in [1.807, 2.05) is 4.57 Å². The predicted octanol–water partition coefficient (Wildman–Crippen LogP) is 4.04. The summed E-state index contributed by atoms with van der Waals surface area (Å²) in [5, 5.41) is 6.93. The highest BCUT2D eigenvalue weighted by atomic mass is 16.5. The highest BCUT2D eigenvalue weighted by Crippen LogP contribution is 2.31. The maximum atomic E-state index is 6.32. The third-order valence-electron chi connectivity index (χ3n) is 6.84. The largest absolute Gasteiger partial charge is 0.382 e. The number of ether oxygens (including phenoxy) is 1. The Labute approximate surface area is 218 Å². The lowest BCUT2D eigenvalue weighted by atomic mass is 10.0. The average molecular weight is 501 g/mol. The first kappa shape index (κ1) is 25.1. The van der Waals surface area contributed by atoms with Gasteiger partial charge in [-0.3, -0.25) is 4.57 Å².